The molecule has 0 N–H and O–H groups in total. The van der Waals surface area contributed by atoms with Crippen LogP contribution in [0, 0.1) is 13.8 Å². The molecule has 1 atom stereocenters. The van der Waals surface area contributed by atoms with Crippen LogP contribution in [0.1, 0.15) is 33.4 Å². The van der Waals surface area contributed by atoms with E-state index in [1.54, 1.807) is 0 Å². The van der Waals surface area contributed by atoms with E-state index < -0.39 is 0 Å². The molecule has 1 aromatic heterocycles. The van der Waals surface area contributed by atoms with Gasteiger partial charge in [-0.1, -0.05) is 41.6 Å². The first kappa shape index (κ1) is 18.6. The second kappa shape index (κ2) is 7.67. The number of aromatic nitrogens is 3. The summed E-state index contributed by atoms with van der Waals surface area (Å²) in [5, 5.41) is 9.19. The maximum atomic E-state index is 12.6. The average molecular weight is 395 g/mol. The van der Waals surface area contributed by atoms with Crippen molar-refractivity contribution in [2.75, 3.05) is 12.4 Å². The van der Waals surface area contributed by atoms with Crippen LogP contribution >= 0.6 is 11.8 Å². The number of Topliss-reactive ketones (excluding diaryl/α,β-unsaturated/α-hetero) is 1. The van der Waals surface area contributed by atoms with E-state index in [9.17, 15) is 4.79 Å². The Morgan fingerprint density at radius 2 is 1.96 bits per heavy atom. The van der Waals surface area contributed by atoms with Crippen molar-refractivity contribution in [3.63, 3.8) is 0 Å². The Bertz CT molecular complexity index is 1030. The Morgan fingerprint density at radius 3 is 2.79 bits per heavy atom. The Hall–Kier alpha value is -2.80. The molecule has 1 aliphatic rings. The molecule has 144 valence electrons. The summed E-state index contributed by atoms with van der Waals surface area (Å²) < 4.78 is 13.6. The van der Waals surface area contributed by atoms with Crippen LogP contribution in [0.5, 0.6) is 11.5 Å². The summed E-state index contributed by atoms with van der Waals surface area (Å²) in [6, 6.07) is 13.5. The van der Waals surface area contributed by atoms with Crippen molar-refractivity contribution in [3.8, 4) is 11.5 Å². The molecule has 0 amide bonds. The highest BCUT2D eigenvalue weighted by Gasteiger charge is 2.27. The monoisotopic (exact) mass is 395 g/mol. The van der Waals surface area contributed by atoms with Crippen LogP contribution in [0.2, 0.25) is 0 Å². The lowest BCUT2D eigenvalue weighted by atomic mass is 10.0. The standard InChI is InChI=1S/C21H21N3O3S/c1-13-8-9-14(2)15(10-13)16(25)12-28-21-23-22-20(24(21)3)19-11-26-17-6-4-5-7-18(17)27-19/h4-10,19H,11-12H2,1-3H3. The third kappa shape index (κ3) is 3.62. The number of ether oxygens (including phenoxy) is 2. The van der Waals surface area contributed by atoms with Gasteiger partial charge in [0.1, 0.15) is 6.61 Å². The van der Waals surface area contributed by atoms with Crippen LogP contribution in [0.25, 0.3) is 0 Å². The van der Waals surface area contributed by atoms with Crippen molar-refractivity contribution < 1.29 is 14.3 Å². The lowest BCUT2D eigenvalue weighted by Gasteiger charge is -2.25. The molecular formula is C21H21N3O3S. The molecule has 3 aromatic rings. The molecule has 28 heavy (non-hydrogen) atoms. The number of thioether (sulfide) groups is 1. The highest BCUT2D eigenvalue weighted by atomic mass is 32.2. The number of carbonyl (C=O) groups excluding carboxylic acids is 1. The number of benzene rings is 2. The van der Waals surface area contributed by atoms with Gasteiger partial charge in [-0.15, -0.1) is 10.2 Å². The minimum atomic E-state index is -0.337. The summed E-state index contributed by atoms with van der Waals surface area (Å²) in [4.78, 5) is 12.6. The van der Waals surface area contributed by atoms with E-state index in [1.165, 1.54) is 11.8 Å². The van der Waals surface area contributed by atoms with Crippen molar-refractivity contribution in [1.82, 2.24) is 14.8 Å². The van der Waals surface area contributed by atoms with Crippen molar-refractivity contribution in [2.24, 2.45) is 7.05 Å². The van der Waals surface area contributed by atoms with Crippen LogP contribution in [-0.2, 0) is 7.05 Å². The van der Waals surface area contributed by atoms with E-state index in [0.29, 0.717) is 29.1 Å². The van der Waals surface area contributed by atoms with Crippen molar-refractivity contribution in [3.05, 3.63) is 65.0 Å². The third-order valence-electron chi connectivity index (χ3n) is 4.69. The topological polar surface area (TPSA) is 66.2 Å². The Labute approximate surface area is 167 Å². The minimum Gasteiger partial charge on any atom is -0.485 e. The van der Waals surface area contributed by atoms with Crippen LogP contribution < -0.4 is 9.47 Å². The van der Waals surface area contributed by atoms with E-state index in [4.69, 9.17) is 9.47 Å². The fourth-order valence-corrected chi connectivity index (χ4v) is 3.92. The SMILES string of the molecule is Cc1ccc(C)c(C(=O)CSc2nnc(C3COc4ccccc4O3)n2C)c1. The largest absolute Gasteiger partial charge is 0.485 e. The normalized spacial score (nSPS) is 15.5. The van der Waals surface area contributed by atoms with Gasteiger partial charge in [-0.2, -0.15) is 0 Å². The van der Waals surface area contributed by atoms with Gasteiger partial charge in [0.15, 0.2) is 34.4 Å². The maximum Gasteiger partial charge on any atom is 0.192 e. The number of hydrogen-bond donors (Lipinski definition) is 0. The summed E-state index contributed by atoms with van der Waals surface area (Å²) >= 11 is 1.38. The van der Waals surface area contributed by atoms with E-state index in [1.807, 2.05) is 67.9 Å². The van der Waals surface area contributed by atoms with Gasteiger partial charge in [0.2, 0.25) is 0 Å². The first-order valence-corrected chi connectivity index (χ1v) is 10.0. The van der Waals surface area contributed by atoms with Gasteiger partial charge in [-0.25, -0.2) is 0 Å². The van der Waals surface area contributed by atoms with Gasteiger partial charge in [0.25, 0.3) is 0 Å². The molecule has 1 aliphatic heterocycles. The van der Waals surface area contributed by atoms with Crippen molar-refractivity contribution >= 4 is 17.5 Å². The third-order valence-corrected chi connectivity index (χ3v) is 5.71. The molecule has 0 spiro atoms. The lowest BCUT2D eigenvalue weighted by Crippen LogP contribution is -2.24. The summed E-state index contributed by atoms with van der Waals surface area (Å²) in [5.74, 6) is 2.50. The number of hydrogen-bond acceptors (Lipinski definition) is 6. The summed E-state index contributed by atoms with van der Waals surface area (Å²) in [5.41, 5.74) is 2.83. The zero-order valence-electron chi connectivity index (χ0n) is 16.0. The minimum absolute atomic E-state index is 0.0851. The zero-order valence-corrected chi connectivity index (χ0v) is 16.8. The molecule has 4 rings (SSSR count). The Morgan fingerprint density at radius 1 is 1.18 bits per heavy atom. The van der Waals surface area contributed by atoms with Crippen molar-refractivity contribution in [1.29, 1.82) is 0 Å². The molecule has 0 saturated carbocycles. The lowest BCUT2D eigenvalue weighted by molar-refractivity contribution is 0.0825. The quantitative estimate of drug-likeness (QED) is 0.482. The first-order chi connectivity index (χ1) is 13.5. The van der Waals surface area contributed by atoms with Gasteiger partial charge in [0, 0.05) is 12.6 Å². The first-order valence-electron chi connectivity index (χ1n) is 9.04. The Kier molecular flexibility index (Phi) is 5.09. The van der Waals surface area contributed by atoms with Gasteiger partial charge in [-0.3, -0.25) is 4.79 Å². The molecule has 0 aliphatic carbocycles. The number of rotatable bonds is 5. The smallest absolute Gasteiger partial charge is 0.192 e. The molecule has 2 aromatic carbocycles. The van der Waals surface area contributed by atoms with Crippen LogP contribution in [0.3, 0.4) is 0 Å². The second-order valence-corrected chi connectivity index (χ2v) is 7.74. The molecule has 2 heterocycles. The zero-order chi connectivity index (χ0) is 19.7. The summed E-state index contributed by atoms with van der Waals surface area (Å²) in [7, 11) is 1.88. The maximum absolute atomic E-state index is 12.6. The van der Waals surface area contributed by atoms with Gasteiger partial charge in [-0.05, 0) is 37.6 Å². The molecule has 0 saturated heterocycles. The Balaban J connectivity index is 1.46. The number of ketones is 1. The number of aryl methyl sites for hydroxylation is 2. The van der Waals surface area contributed by atoms with Crippen molar-refractivity contribution in [2.45, 2.75) is 25.1 Å². The van der Waals surface area contributed by atoms with Crippen LogP contribution in [0.4, 0.5) is 0 Å². The van der Waals surface area contributed by atoms with Gasteiger partial charge >= 0.3 is 0 Å². The summed E-state index contributed by atoms with van der Waals surface area (Å²) in [6.45, 7) is 4.31. The highest BCUT2D eigenvalue weighted by Crippen LogP contribution is 2.35. The molecule has 7 heteroatoms. The van der Waals surface area contributed by atoms with Gasteiger partial charge in [0.05, 0.1) is 5.75 Å². The molecule has 6 nitrogen and oxygen atoms in total. The predicted octanol–water partition coefficient (Wildman–Crippen LogP) is 3.92. The van der Waals surface area contributed by atoms with Crippen LogP contribution in [0.15, 0.2) is 47.6 Å². The molecule has 0 radical (unpaired) electrons. The number of fused-ring (bicyclic) bond motifs is 1. The second-order valence-electron chi connectivity index (χ2n) is 6.79. The number of para-hydroxylation sites is 2. The summed E-state index contributed by atoms with van der Waals surface area (Å²) in [6.07, 6.45) is -0.337. The van der Waals surface area contributed by atoms with E-state index in [2.05, 4.69) is 10.2 Å². The fraction of sp³-hybridized carbons (Fsp3) is 0.286. The van der Waals surface area contributed by atoms with E-state index in [-0.39, 0.29) is 11.9 Å². The average Bonchev–Trinajstić information content (AvgIpc) is 3.08. The molecule has 0 fully saturated rings. The molecular weight excluding hydrogens is 374 g/mol. The number of carbonyl (C=O) groups is 1. The molecule has 0 bridgehead atoms. The van der Waals surface area contributed by atoms with Gasteiger partial charge < -0.3 is 14.0 Å². The predicted molar refractivity (Wildman–Crippen MR) is 107 cm³/mol. The van der Waals surface area contributed by atoms with E-state index >= 15 is 0 Å². The van der Waals surface area contributed by atoms with E-state index in [0.717, 1.165) is 22.4 Å². The molecule has 1 unspecified atom stereocenters. The fourth-order valence-electron chi connectivity index (χ4n) is 3.12. The number of nitrogens with zero attached hydrogens (tertiary/aromatic N) is 3. The highest BCUT2D eigenvalue weighted by molar-refractivity contribution is 7.99. The van der Waals surface area contributed by atoms with Crippen LogP contribution in [-0.4, -0.2) is 32.9 Å².